The van der Waals surface area contributed by atoms with Gasteiger partial charge < -0.3 is 15.5 Å². The molecule has 0 bridgehead atoms. The number of carbonyl (C=O) groups excluding carboxylic acids is 1. The number of hydrogen-bond donors (Lipinski definition) is 1. The summed E-state index contributed by atoms with van der Waals surface area (Å²) in [5.41, 5.74) is 6.94. The first-order valence-corrected chi connectivity index (χ1v) is 6.73. The van der Waals surface area contributed by atoms with E-state index in [-0.39, 0.29) is 11.9 Å². The average Bonchev–Trinajstić information content (AvgIpc) is 2.38. The van der Waals surface area contributed by atoms with E-state index < -0.39 is 6.04 Å². The normalized spacial score (nSPS) is 14.2. The number of amides is 1. The molecule has 4 nitrogen and oxygen atoms in total. The van der Waals surface area contributed by atoms with Crippen LogP contribution in [-0.2, 0) is 4.79 Å². The third-order valence-electron chi connectivity index (χ3n) is 3.21. The van der Waals surface area contributed by atoms with Crippen LogP contribution in [0.25, 0.3) is 0 Å². The van der Waals surface area contributed by atoms with Crippen LogP contribution in [0.5, 0.6) is 0 Å². The first-order chi connectivity index (χ1) is 8.97. The molecule has 2 N–H and O–H groups in total. The third-order valence-corrected chi connectivity index (χ3v) is 3.21. The summed E-state index contributed by atoms with van der Waals surface area (Å²) in [5.74, 6) is -0.0111. The van der Waals surface area contributed by atoms with Gasteiger partial charge in [0.15, 0.2) is 0 Å². The fraction of sp³-hybridized carbons (Fsp3) is 0.533. The van der Waals surface area contributed by atoms with Gasteiger partial charge in [0.05, 0.1) is 0 Å². The minimum Gasteiger partial charge on any atom is -0.337 e. The third kappa shape index (κ3) is 4.33. The van der Waals surface area contributed by atoms with E-state index >= 15 is 0 Å². The van der Waals surface area contributed by atoms with E-state index in [9.17, 15) is 4.79 Å². The highest BCUT2D eigenvalue weighted by atomic mass is 16.2. The molecule has 1 rings (SSSR count). The van der Waals surface area contributed by atoms with E-state index in [1.54, 1.807) is 0 Å². The molecule has 4 heteroatoms. The first-order valence-electron chi connectivity index (χ1n) is 6.73. The number of carbonyl (C=O) groups is 1. The van der Waals surface area contributed by atoms with Gasteiger partial charge in [-0.3, -0.25) is 4.79 Å². The van der Waals surface area contributed by atoms with Gasteiger partial charge in [-0.2, -0.15) is 0 Å². The molecule has 0 aliphatic carbocycles. The number of benzene rings is 1. The Bertz CT molecular complexity index is 392. The molecular weight excluding hydrogens is 238 g/mol. The van der Waals surface area contributed by atoms with E-state index in [1.165, 1.54) is 0 Å². The molecule has 1 aromatic carbocycles. The van der Waals surface area contributed by atoms with Crippen LogP contribution in [0.1, 0.15) is 25.5 Å². The lowest BCUT2D eigenvalue weighted by Gasteiger charge is -2.32. The van der Waals surface area contributed by atoms with Gasteiger partial charge >= 0.3 is 0 Å². The van der Waals surface area contributed by atoms with Gasteiger partial charge in [0.1, 0.15) is 6.04 Å². The number of rotatable bonds is 6. The van der Waals surface area contributed by atoms with Crippen molar-refractivity contribution in [2.45, 2.75) is 25.9 Å². The zero-order valence-corrected chi connectivity index (χ0v) is 12.3. The van der Waals surface area contributed by atoms with Crippen LogP contribution in [0.3, 0.4) is 0 Å². The molecule has 0 fully saturated rings. The lowest BCUT2D eigenvalue weighted by Crippen LogP contribution is -2.47. The summed E-state index contributed by atoms with van der Waals surface area (Å²) < 4.78 is 0. The maximum Gasteiger partial charge on any atom is 0.244 e. The first kappa shape index (κ1) is 15.7. The van der Waals surface area contributed by atoms with Crippen molar-refractivity contribution in [3.8, 4) is 0 Å². The van der Waals surface area contributed by atoms with Gasteiger partial charge in [-0.15, -0.1) is 0 Å². The topological polar surface area (TPSA) is 49.6 Å². The lowest BCUT2D eigenvalue weighted by atomic mass is 10.1. The molecule has 19 heavy (non-hydrogen) atoms. The smallest absolute Gasteiger partial charge is 0.244 e. The van der Waals surface area contributed by atoms with Crippen molar-refractivity contribution in [2.24, 2.45) is 5.73 Å². The minimum atomic E-state index is -0.578. The van der Waals surface area contributed by atoms with Crippen molar-refractivity contribution in [1.82, 2.24) is 9.80 Å². The highest BCUT2D eigenvalue weighted by molar-refractivity contribution is 5.83. The molecule has 1 unspecified atom stereocenters. The number of nitrogens with two attached hydrogens (primary N) is 1. The molecule has 0 aromatic heterocycles. The second-order valence-electron chi connectivity index (χ2n) is 5.12. The van der Waals surface area contributed by atoms with Crippen LogP contribution in [-0.4, -0.2) is 48.9 Å². The Balaban J connectivity index is 2.78. The molecule has 0 heterocycles. The van der Waals surface area contributed by atoms with Gasteiger partial charge in [-0.05, 0) is 33.5 Å². The molecule has 1 aromatic rings. The maximum atomic E-state index is 12.5. The Labute approximate surface area is 116 Å². The van der Waals surface area contributed by atoms with Crippen LogP contribution >= 0.6 is 0 Å². The molecule has 1 amide bonds. The Kier molecular flexibility index (Phi) is 5.99. The monoisotopic (exact) mass is 263 g/mol. The van der Waals surface area contributed by atoms with Crippen molar-refractivity contribution >= 4 is 5.91 Å². The highest BCUT2D eigenvalue weighted by Gasteiger charge is 2.25. The van der Waals surface area contributed by atoms with Gasteiger partial charge in [-0.1, -0.05) is 30.3 Å². The Morgan fingerprint density at radius 2 is 1.84 bits per heavy atom. The zero-order valence-electron chi connectivity index (χ0n) is 12.3. The summed E-state index contributed by atoms with van der Waals surface area (Å²) in [6.45, 7) is 5.55. The lowest BCUT2D eigenvalue weighted by molar-refractivity contribution is -0.134. The predicted molar refractivity (Wildman–Crippen MR) is 78.8 cm³/mol. The predicted octanol–water partition coefficient (Wildman–Crippen LogP) is 1.48. The summed E-state index contributed by atoms with van der Waals surface area (Å²) in [6, 6.07) is 9.10. The second-order valence-corrected chi connectivity index (χ2v) is 5.12. The second kappa shape index (κ2) is 7.26. The van der Waals surface area contributed by atoms with E-state index in [4.69, 9.17) is 5.73 Å². The fourth-order valence-corrected chi connectivity index (χ4v) is 2.29. The summed E-state index contributed by atoms with van der Waals surface area (Å²) in [6.07, 6.45) is 0. The zero-order chi connectivity index (χ0) is 14.4. The summed E-state index contributed by atoms with van der Waals surface area (Å²) in [7, 11) is 4.01. The molecule has 0 aliphatic heterocycles. The molecule has 0 radical (unpaired) electrons. The van der Waals surface area contributed by atoms with Crippen molar-refractivity contribution in [3.05, 3.63) is 35.9 Å². The fourth-order valence-electron chi connectivity index (χ4n) is 2.29. The highest BCUT2D eigenvalue weighted by Crippen LogP contribution is 2.14. The van der Waals surface area contributed by atoms with Crippen LogP contribution in [0.15, 0.2) is 30.3 Å². The molecular formula is C15H25N3O. The van der Waals surface area contributed by atoms with Crippen LogP contribution in [0.4, 0.5) is 0 Å². The van der Waals surface area contributed by atoms with E-state index in [0.29, 0.717) is 6.54 Å². The quantitative estimate of drug-likeness (QED) is 0.846. The average molecular weight is 263 g/mol. The van der Waals surface area contributed by atoms with Crippen LogP contribution < -0.4 is 5.73 Å². The maximum absolute atomic E-state index is 12.5. The molecule has 0 saturated carbocycles. The van der Waals surface area contributed by atoms with E-state index in [2.05, 4.69) is 11.8 Å². The molecule has 0 spiro atoms. The molecule has 0 saturated heterocycles. The van der Waals surface area contributed by atoms with Gasteiger partial charge in [0.2, 0.25) is 5.91 Å². The SMILES string of the molecule is CCN(C(=O)[C@H](N)c1ccccc1)C(C)CN(C)C. The molecule has 0 aliphatic rings. The Morgan fingerprint density at radius 1 is 1.26 bits per heavy atom. The largest absolute Gasteiger partial charge is 0.337 e. The van der Waals surface area contributed by atoms with Gasteiger partial charge in [-0.25, -0.2) is 0 Å². The Hall–Kier alpha value is -1.39. The van der Waals surface area contributed by atoms with Crippen molar-refractivity contribution < 1.29 is 4.79 Å². The summed E-state index contributed by atoms with van der Waals surface area (Å²) in [4.78, 5) is 16.4. The van der Waals surface area contributed by atoms with Gasteiger partial charge in [0, 0.05) is 19.1 Å². The molecule has 2 atom stereocenters. The van der Waals surface area contributed by atoms with Gasteiger partial charge in [0.25, 0.3) is 0 Å². The Morgan fingerprint density at radius 3 is 2.32 bits per heavy atom. The number of nitrogens with zero attached hydrogens (tertiary/aromatic N) is 2. The van der Waals surface area contributed by atoms with Crippen LogP contribution in [0, 0.1) is 0 Å². The van der Waals surface area contributed by atoms with E-state index in [1.807, 2.05) is 56.3 Å². The van der Waals surface area contributed by atoms with E-state index in [0.717, 1.165) is 12.1 Å². The van der Waals surface area contributed by atoms with Crippen molar-refractivity contribution in [3.63, 3.8) is 0 Å². The minimum absolute atomic E-state index is 0.0111. The summed E-state index contributed by atoms with van der Waals surface area (Å²) in [5, 5.41) is 0. The number of hydrogen-bond acceptors (Lipinski definition) is 3. The summed E-state index contributed by atoms with van der Waals surface area (Å²) >= 11 is 0. The molecule has 106 valence electrons. The van der Waals surface area contributed by atoms with Crippen molar-refractivity contribution in [1.29, 1.82) is 0 Å². The van der Waals surface area contributed by atoms with Crippen molar-refractivity contribution in [2.75, 3.05) is 27.2 Å². The number of likely N-dealkylation sites (N-methyl/N-ethyl adjacent to an activating group) is 2. The standard InChI is InChI=1S/C15H25N3O/c1-5-18(12(2)11-17(3)4)15(19)14(16)13-9-7-6-8-10-13/h6-10,12,14H,5,11,16H2,1-4H3/t12?,14-/m1/s1. The van der Waals surface area contributed by atoms with Crippen LogP contribution in [0.2, 0.25) is 0 Å².